The van der Waals surface area contributed by atoms with Gasteiger partial charge in [0.25, 0.3) is 0 Å². The highest BCUT2D eigenvalue weighted by molar-refractivity contribution is 5.27. The van der Waals surface area contributed by atoms with Crippen LogP contribution in [0.15, 0.2) is 29.8 Å². The van der Waals surface area contributed by atoms with Gasteiger partial charge in [-0.3, -0.25) is 0 Å². The third kappa shape index (κ3) is 3.14. The summed E-state index contributed by atoms with van der Waals surface area (Å²) in [6.45, 7) is 6.37. The Morgan fingerprint density at radius 1 is 1.31 bits per heavy atom. The molecule has 16 heavy (non-hydrogen) atoms. The normalized spacial score (nSPS) is 12.3. The number of likely N-dealkylation sites (N-methyl/N-ethyl adjacent to an activating group) is 1. The van der Waals surface area contributed by atoms with Crippen molar-refractivity contribution >= 4 is 0 Å². The molecule has 0 aliphatic rings. The van der Waals surface area contributed by atoms with Gasteiger partial charge in [-0.25, -0.2) is 8.78 Å². The van der Waals surface area contributed by atoms with E-state index < -0.39 is 17.7 Å². The summed E-state index contributed by atoms with van der Waals surface area (Å²) in [5.41, 5.74) is 1.11. The minimum atomic E-state index is -0.511. The summed E-state index contributed by atoms with van der Waals surface area (Å²) in [6.07, 6.45) is 1.82. The first-order valence-electron chi connectivity index (χ1n) is 5.38. The molecule has 0 aliphatic carbocycles. The fourth-order valence-corrected chi connectivity index (χ4v) is 1.61. The van der Waals surface area contributed by atoms with Gasteiger partial charge in [-0.05, 0) is 32.5 Å². The van der Waals surface area contributed by atoms with Crippen LogP contribution in [0.4, 0.5) is 8.78 Å². The van der Waals surface area contributed by atoms with Crippen molar-refractivity contribution < 1.29 is 8.78 Å². The summed E-state index contributed by atoms with van der Waals surface area (Å²) in [4.78, 5) is 0. The zero-order valence-corrected chi connectivity index (χ0v) is 9.85. The van der Waals surface area contributed by atoms with Gasteiger partial charge in [0.2, 0.25) is 0 Å². The first kappa shape index (κ1) is 12.8. The van der Waals surface area contributed by atoms with Gasteiger partial charge in [0.05, 0.1) is 6.04 Å². The Balaban J connectivity index is 3.15. The number of halogens is 2. The van der Waals surface area contributed by atoms with Crippen LogP contribution in [0.2, 0.25) is 0 Å². The van der Waals surface area contributed by atoms with Crippen molar-refractivity contribution in [1.29, 1.82) is 0 Å². The third-order valence-corrected chi connectivity index (χ3v) is 2.23. The second-order valence-electron chi connectivity index (χ2n) is 3.91. The van der Waals surface area contributed by atoms with E-state index in [2.05, 4.69) is 5.32 Å². The fourth-order valence-electron chi connectivity index (χ4n) is 1.61. The van der Waals surface area contributed by atoms with E-state index in [9.17, 15) is 8.78 Å². The van der Waals surface area contributed by atoms with Gasteiger partial charge in [-0.1, -0.05) is 24.6 Å². The van der Waals surface area contributed by atoms with E-state index in [0.29, 0.717) is 6.54 Å². The van der Waals surface area contributed by atoms with Crippen LogP contribution in [0, 0.1) is 11.6 Å². The Morgan fingerprint density at radius 2 is 1.88 bits per heavy atom. The average Bonchev–Trinajstić information content (AvgIpc) is 2.16. The molecule has 1 atom stereocenters. The number of nitrogens with one attached hydrogen (secondary N) is 1. The summed E-state index contributed by atoms with van der Waals surface area (Å²) in [7, 11) is 0. The molecule has 0 bridgehead atoms. The average molecular weight is 225 g/mol. The Labute approximate surface area is 95.2 Å². The van der Waals surface area contributed by atoms with E-state index in [1.807, 2.05) is 26.8 Å². The molecule has 1 aromatic rings. The maximum Gasteiger partial charge on any atom is 0.131 e. The van der Waals surface area contributed by atoms with Gasteiger partial charge in [0, 0.05) is 5.56 Å². The molecule has 1 N–H and O–H groups in total. The monoisotopic (exact) mass is 225 g/mol. The minimum absolute atomic E-state index is 0.0885. The second kappa shape index (κ2) is 5.75. The van der Waals surface area contributed by atoms with Gasteiger partial charge < -0.3 is 5.32 Å². The van der Waals surface area contributed by atoms with Crippen LogP contribution in [0.25, 0.3) is 0 Å². The Hall–Kier alpha value is -1.22. The summed E-state index contributed by atoms with van der Waals surface area (Å²) < 4.78 is 27.1. The Morgan fingerprint density at radius 3 is 2.31 bits per heavy atom. The highest BCUT2D eigenvalue weighted by Crippen LogP contribution is 2.22. The molecule has 1 unspecified atom stereocenters. The van der Waals surface area contributed by atoms with Crippen molar-refractivity contribution in [3.05, 3.63) is 47.0 Å². The molecule has 0 saturated heterocycles. The van der Waals surface area contributed by atoms with Gasteiger partial charge in [-0.15, -0.1) is 0 Å². The molecule has 88 valence electrons. The molecular formula is C13H17F2N. The zero-order chi connectivity index (χ0) is 12.1. The Kier molecular flexibility index (Phi) is 4.62. The third-order valence-electron chi connectivity index (χ3n) is 2.23. The first-order valence-corrected chi connectivity index (χ1v) is 5.38. The standard InChI is InChI=1S/C13H17F2N/c1-4-16-12(8-9(2)3)13-10(14)6-5-7-11(13)15/h5-8,12,16H,4H2,1-3H3. The highest BCUT2D eigenvalue weighted by Gasteiger charge is 2.16. The van der Waals surface area contributed by atoms with Crippen molar-refractivity contribution in [2.75, 3.05) is 6.54 Å². The largest absolute Gasteiger partial charge is 0.307 e. The molecule has 0 heterocycles. The minimum Gasteiger partial charge on any atom is -0.307 e. The molecule has 0 fully saturated rings. The lowest BCUT2D eigenvalue weighted by atomic mass is 10.0. The summed E-state index contributed by atoms with van der Waals surface area (Å²) in [5, 5.41) is 3.06. The number of hydrogen-bond acceptors (Lipinski definition) is 1. The molecule has 3 heteroatoms. The number of benzene rings is 1. The highest BCUT2D eigenvalue weighted by atomic mass is 19.1. The number of rotatable bonds is 4. The van der Waals surface area contributed by atoms with E-state index in [0.717, 1.165) is 5.57 Å². The molecule has 1 rings (SSSR count). The maximum atomic E-state index is 13.6. The van der Waals surface area contributed by atoms with Gasteiger partial charge in [-0.2, -0.15) is 0 Å². The van der Waals surface area contributed by atoms with E-state index in [-0.39, 0.29) is 5.56 Å². The predicted molar refractivity (Wildman–Crippen MR) is 62.2 cm³/mol. The lowest BCUT2D eigenvalue weighted by molar-refractivity contribution is 0.515. The van der Waals surface area contributed by atoms with Crippen LogP contribution in [0.3, 0.4) is 0 Å². The van der Waals surface area contributed by atoms with Gasteiger partial charge in [0.1, 0.15) is 11.6 Å². The summed E-state index contributed by atoms with van der Waals surface area (Å²) in [5.74, 6) is -1.02. The molecule has 0 radical (unpaired) electrons. The van der Waals surface area contributed by atoms with Gasteiger partial charge >= 0.3 is 0 Å². The van der Waals surface area contributed by atoms with Crippen molar-refractivity contribution in [2.45, 2.75) is 26.8 Å². The van der Waals surface area contributed by atoms with E-state index in [1.165, 1.54) is 18.2 Å². The van der Waals surface area contributed by atoms with Crippen molar-refractivity contribution in [2.24, 2.45) is 0 Å². The summed E-state index contributed by atoms with van der Waals surface area (Å²) >= 11 is 0. The molecule has 0 aromatic heterocycles. The van der Waals surface area contributed by atoms with Crippen molar-refractivity contribution in [1.82, 2.24) is 5.32 Å². The maximum absolute atomic E-state index is 13.6. The molecular weight excluding hydrogens is 208 g/mol. The molecule has 1 aromatic carbocycles. The van der Waals surface area contributed by atoms with Crippen LogP contribution >= 0.6 is 0 Å². The smallest absolute Gasteiger partial charge is 0.131 e. The lowest BCUT2D eigenvalue weighted by Gasteiger charge is -2.16. The van der Waals surface area contributed by atoms with Crippen molar-refractivity contribution in [3.63, 3.8) is 0 Å². The predicted octanol–water partition coefficient (Wildman–Crippen LogP) is 3.58. The van der Waals surface area contributed by atoms with E-state index >= 15 is 0 Å². The molecule has 1 nitrogen and oxygen atoms in total. The van der Waals surface area contributed by atoms with Gasteiger partial charge in [0.15, 0.2) is 0 Å². The lowest BCUT2D eigenvalue weighted by Crippen LogP contribution is -2.21. The number of hydrogen-bond donors (Lipinski definition) is 1. The van der Waals surface area contributed by atoms with Crippen LogP contribution in [-0.2, 0) is 0 Å². The summed E-state index contributed by atoms with van der Waals surface area (Å²) in [6, 6.07) is 3.53. The zero-order valence-electron chi connectivity index (χ0n) is 9.85. The van der Waals surface area contributed by atoms with E-state index in [1.54, 1.807) is 0 Å². The first-order chi connectivity index (χ1) is 7.56. The van der Waals surface area contributed by atoms with Crippen LogP contribution in [-0.4, -0.2) is 6.54 Å². The van der Waals surface area contributed by atoms with Crippen LogP contribution < -0.4 is 5.32 Å². The Bertz CT molecular complexity index is 361. The van der Waals surface area contributed by atoms with Crippen molar-refractivity contribution in [3.8, 4) is 0 Å². The van der Waals surface area contributed by atoms with Crippen LogP contribution in [0.1, 0.15) is 32.4 Å². The SMILES string of the molecule is CCNC(C=C(C)C)c1c(F)cccc1F. The quantitative estimate of drug-likeness (QED) is 0.772. The molecule has 0 saturated carbocycles. The molecule has 0 spiro atoms. The topological polar surface area (TPSA) is 12.0 Å². The molecule has 0 aliphatic heterocycles. The molecule has 0 amide bonds. The second-order valence-corrected chi connectivity index (χ2v) is 3.91. The fraction of sp³-hybridized carbons (Fsp3) is 0.385. The number of allylic oxidation sites excluding steroid dienone is 1. The van der Waals surface area contributed by atoms with E-state index in [4.69, 9.17) is 0 Å². The van der Waals surface area contributed by atoms with Crippen LogP contribution in [0.5, 0.6) is 0 Å².